The molecule has 0 aliphatic rings. The van der Waals surface area contributed by atoms with Gasteiger partial charge in [-0.3, -0.25) is 4.98 Å². The summed E-state index contributed by atoms with van der Waals surface area (Å²) in [5, 5.41) is 0.961. The summed E-state index contributed by atoms with van der Waals surface area (Å²) >= 11 is 3.45. The molecule has 0 amide bonds. The third-order valence-corrected chi connectivity index (χ3v) is 2.36. The number of halogens is 1. The second-order valence-electron chi connectivity index (χ2n) is 3.14. The average Bonchev–Trinajstić information content (AvgIpc) is 2.18. The van der Waals surface area contributed by atoms with Gasteiger partial charge >= 0.3 is 0 Å². The van der Waals surface area contributed by atoms with Crippen LogP contribution in [-0.2, 0) is 0 Å². The first-order chi connectivity index (χ1) is 6.79. The van der Waals surface area contributed by atoms with Crippen molar-refractivity contribution in [2.24, 2.45) is 0 Å². The molecular formula is C10H16BrN3. The summed E-state index contributed by atoms with van der Waals surface area (Å²) in [7, 11) is 0. The van der Waals surface area contributed by atoms with Crippen molar-refractivity contribution in [2.75, 3.05) is 23.3 Å². The van der Waals surface area contributed by atoms with Crippen LogP contribution in [-0.4, -0.2) is 28.4 Å². The Morgan fingerprint density at radius 2 is 2.00 bits per heavy atom. The quantitative estimate of drug-likeness (QED) is 0.759. The standard InChI is InChI=1S/C10H16BrN3/c1-3-7-14(8-4-11)10-9(2)12-5-6-13-10/h5-6H,3-4,7-8H2,1-2H3. The van der Waals surface area contributed by atoms with E-state index in [1.807, 2.05) is 6.92 Å². The molecule has 78 valence electrons. The maximum absolute atomic E-state index is 4.36. The summed E-state index contributed by atoms with van der Waals surface area (Å²) in [6.07, 6.45) is 4.61. The van der Waals surface area contributed by atoms with Gasteiger partial charge in [0.25, 0.3) is 0 Å². The lowest BCUT2D eigenvalue weighted by Gasteiger charge is -2.22. The molecule has 14 heavy (non-hydrogen) atoms. The van der Waals surface area contributed by atoms with Crippen LogP contribution in [0.15, 0.2) is 12.4 Å². The van der Waals surface area contributed by atoms with Crippen molar-refractivity contribution in [2.45, 2.75) is 20.3 Å². The molecule has 0 spiro atoms. The Morgan fingerprint density at radius 1 is 1.29 bits per heavy atom. The topological polar surface area (TPSA) is 29.0 Å². The minimum absolute atomic E-state index is 0.961. The van der Waals surface area contributed by atoms with Crippen LogP contribution in [0.3, 0.4) is 0 Å². The van der Waals surface area contributed by atoms with Crippen LogP contribution in [0.1, 0.15) is 19.0 Å². The van der Waals surface area contributed by atoms with Crippen molar-refractivity contribution >= 4 is 21.7 Å². The normalized spacial score (nSPS) is 10.2. The third kappa shape index (κ3) is 2.94. The number of rotatable bonds is 5. The zero-order valence-corrected chi connectivity index (χ0v) is 10.3. The van der Waals surface area contributed by atoms with Crippen LogP contribution < -0.4 is 4.90 Å². The fourth-order valence-corrected chi connectivity index (χ4v) is 1.83. The van der Waals surface area contributed by atoms with E-state index in [-0.39, 0.29) is 0 Å². The lowest BCUT2D eigenvalue weighted by atomic mass is 10.3. The molecule has 4 heteroatoms. The molecular weight excluding hydrogens is 242 g/mol. The van der Waals surface area contributed by atoms with Gasteiger partial charge in [0.1, 0.15) is 5.82 Å². The van der Waals surface area contributed by atoms with E-state index in [0.717, 1.165) is 36.4 Å². The summed E-state index contributed by atoms with van der Waals surface area (Å²) < 4.78 is 0. The Hall–Kier alpha value is -0.640. The highest BCUT2D eigenvalue weighted by Gasteiger charge is 2.08. The van der Waals surface area contributed by atoms with E-state index in [9.17, 15) is 0 Å². The summed E-state index contributed by atoms with van der Waals surface area (Å²) in [6.45, 7) is 6.19. The molecule has 0 radical (unpaired) electrons. The Bertz CT molecular complexity index is 272. The van der Waals surface area contributed by atoms with E-state index >= 15 is 0 Å². The van der Waals surface area contributed by atoms with E-state index in [4.69, 9.17) is 0 Å². The zero-order chi connectivity index (χ0) is 10.4. The third-order valence-electron chi connectivity index (χ3n) is 2.00. The number of alkyl halides is 1. The van der Waals surface area contributed by atoms with Crippen molar-refractivity contribution in [1.82, 2.24) is 9.97 Å². The SMILES string of the molecule is CCCN(CCBr)c1nccnc1C. The smallest absolute Gasteiger partial charge is 0.150 e. The first-order valence-corrected chi connectivity index (χ1v) is 6.00. The molecule has 0 fully saturated rings. The highest BCUT2D eigenvalue weighted by atomic mass is 79.9. The monoisotopic (exact) mass is 257 g/mol. The van der Waals surface area contributed by atoms with Crippen LogP contribution in [0.25, 0.3) is 0 Å². The van der Waals surface area contributed by atoms with Gasteiger partial charge in [0.05, 0.1) is 5.69 Å². The molecule has 1 aromatic rings. The molecule has 0 bridgehead atoms. The highest BCUT2D eigenvalue weighted by molar-refractivity contribution is 9.09. The first-order valence-electron chi connectivity index (χ1n) is 4.88. The lowest BCUT2D eigenvalue weighted by molar-refractivity contribution is 0.775. The van der Waals surface area contributed by atoms with Gasteiger partial charge in [-0.15, -0.1) is 0 Å². The predicted molar refractivity (Wildman–Crippen MR) is 63.1 cm³/mol. The van der Waals surface area contributed by atoms with Crippen molar-refractivity contribution in [3.05, 3.63) is 18.1 Å². The molecule has 1 heterocycles. The van der Waals surface area contributed by atoms with E-state index in [2.05, 4.69) is 37.7 Å². The van der Waals surface area contributed by atoms with Crippen molar-refractivity contribution in [1.29, 1.82) is 0 Å². The van der Waals surface area contributed by atoms with E-state index in [1.54, 1.807) is 12.4 Å². The second kappa shape index (κ2) is 5.96. The largest absolute Gasteiger partial charge is 0.354 e. The molecule has 0 unspecified atom stereocenters. The van der Waals surface area contributed by atoms with Gasteiger partial charge in [-0.25, -0.2) is 4.98 Å². The summed E-state index contributed by atoms with van der Waals surface area (Å²) in [6, 6.07) is 0. The lowest BCUT2D eigenvalue weighted by Crippen LogP contribution is -2.28. The fraction of sp³-hybridized carbons (Fsp3) is 0.600. The van der Waals surface area contributed by atoms with E-state index < -0.39 is 0 Å². The van der Waals surface area contributed by atoms with Gasteiger partial charge < -0.3 is 4.90 Å². The van der Waals surface area contributed by atoms with Gasteiger partial charge in [0.2, 0.25) is 0 Å². The second-order valence-corrected chi connectivity index (χ2v) is 3.93. The van der Waals surface area contributed by atoms with Crippen LogP contribution >= 0.6 is 15.9 Å². The molecule has 0 atom stereocenters. The molecule has 3 nitrogen and oxygen atoms in total. The molecule has 0 aromatic carbocycles. The van der Waals surface area contributed by atoms with Gasteiger partial charge in [-0.2, -0.15) is 0 Å². The molecule has 0 saturated carbocycles. The average molecular weight is 258 g/mol. The van der Waals surface area contributed by atoms with Crippen LogP contribution in [0, 0.1) is 6.92 Å². The molecule has 1 aromatic heterocycles. The predicted octanol–water partition coefficient (Wildman–Crippen LogP) is 2.40. The number of hydrogen-bond acceptors (Lipinski definition) is 3. The van der Waals surface area contributed by atoms with Gasteiger partial charge in [0.15, 0.2) is 0 Å². The maximum atomic E-state index is 4.36. The minimum Gasteiger partial charge on any atom is -0.354 e. The molecule has 0 N–H and O–H groups in total. The van der Waals surface area contributed by atoms with Gasteiger partial charge in [0, 0.05) is 30.8 Å². The van der Waals surface area contributed by atoms with E-state index in [1.165, 1.54) is 0 Å². The highest BCUT2D eigenvalue weighted by Crippen LogP contribution is 2.13. The molecule has 0 aliphatic heterocycles. The Labute approximate surface area is 93.7 Å². The Balaban J connectivity index is 2.81. The first kappa shape index (κ1) is 11.4. The number of aromatic nitrogens is 2. The Morgan fingerprint density at radius 3 is 2.57 bits per heavy atom. The van der Waals surface area contributed by atoms with E-state index in [0.29, 0.717) is 0 Å². The zero-order valence-electron chi connectivity index (χ0n) is 8.70. The number of anilines is 1. The van der Waals surface area contributed by atoms with Gasteiger partial charge in [-0.05, 0) is 13.3 Å². The van der Waals surface area contributed by atoms with Crippen LogP contribution in [0.5, 0.6) is 0 Å². The number of aryl methyl sites for hydroxylation is 1. The number of nitrogens with zero attached hydrogens (tertiary/aromatic N) is 3. The minimum atomic E-state index is 0.961. The summed E-state index contributed by atoms with van der Waals surface area (Å²) in [4.78, 5) is 10.9. The van der Waals surface area contributed by atoms with Crippen LogP contribution in [0.2, 0.25) is 0 Å². The molecule has 0 aliphatic carbocycles. The Kier molecular flexibility index (Phi) is 4.87. The summed E-state index contributed by atoms with van der Waals surface area (Å²) in [5.74, 6) is 1.01. The van der Waals surface area contributed by atoms with Crippen LogP contribution in [0.4, 0.5) is 5.82 Å². The maximum Gasteiger partial charge on any atom is 0.150 e. The van der Waals surface area contributed by atoms with Crippen molar-refractivity contribution in [3.8, 4) is 0 Å². The van der Waals surface area contributed by atoms with Crippen molar-refractivity contribution in [3.63, 3.8) is 0 Å². The van der Waals surface area contributed by atoms with Gasteiger partial charge in [-0.1, -0.05) is 22.9 Å². The fourth-order valence-electron chi connectivity index (χ4n) is 1.41. The molecule has 1 rings (SSSR count). The summed E-state index contributed by atoms with van der Waals surface area (Å²) in [5.41, 5.74) is 1.00. The molecule has 0 saturated heterocycles. The number of hydrogen-bond donors (Lipinski definition) is 0. The van der Waals surface area contributed by atoms with Crippen molar-refractivity contribution < 1.29 is 0 Å².